The Morgan fingerprint density at radius 1 is 1.21 bits per heavy atom. The van der Waals surface area contributed by atoms with Crippen LogP contribution in [0.15, 0.2) is 30.3 Å². The fourth-order valence-corrected chi connectivity index (χ4v) is 4.29. The van der Waals surface area contributed by atoms with Gasteiger partial charge in [-0.15, -0.1) is 0 Å². The van der Waals surface area contributed by atoms with Crippen LogP contribution in [0.5, 0.6) is 0 Å². The number of methoxy groups -OCH3 is 1. The van der Waals surface area contributed by atoms with Crippen LogP contribution in [-0.4, -0.2) is 60.2 Å². The number of hydrogen-bond acceptors (Lipinski definition) is 7. The maximum absolute atomic E-state index is 8.40. The van der Waals surface area contributed by atoms with Gasteiger partial charge in [-0.05, 0) is 32.3 Å². The van der Waals surface area contributed by atoms with Crippen molar-refractivity contribution < 1.29 is 9.47 Å². The van der Waals surface area contributed by atoms with E-state index in [4.69, 9.17) is 24.9 Å². The van der Waals surface area contributed by atoms with Gasteiger partial charge in [0.1, 0.15) is 23.8 Å². The highest BCUT2D eigenvalue weighted by Crippen LogP contribution is 2.30. The standard InChI is InChI=1S/C25H34N6O2/c1-4-31-23(17-32-3)29-24-21(30-11-13-33-14-12-30)16-22(28-25(24)31)27-10-6-9-20(26)19-8-5-7-18(2)15-19/h5,7-8,15-16,26H,4,6,9-14,17H2,1-3H3,(H,27,28). The van der Waals surface area contributed by atoms with Gasteiger partial charge >= 0.3 is 0 Å². The Morgan fingerprint density at radius 2 is 2.03 bits per heavy atom. The molecule has 1 fully saturated rings. The van der Waals surface area contributed by atoms with Crippen LogP contribution in [0.4, 0.5) is 11.5 Å². The summed E-state index contributed by atoms with van der Waals surface area (Å²) in [5, 5.41) is 11.9. The molecule has 33 heavy (non-hydrogen) atoms. The summed E-state index contributed by atoms with van der Waals surface area (Å²) in [5.41, 5.74) is 5.74. The number of nitrogens with one attached hydrogen (secondary N) is 2. The zero-order valence-corrected chi connectivity index (χ0v) is 19.9. The lowest BCUT2D eigenvalue weighted by atomic mass is 10.0. The predicted octanol–water partition coefficient (Wildman–Crippen LogP) is 4.00. The summed E-state index contributed by atoms with van der Waals surface area (Å²) < 4.78 is 13.1. The van der Waals surface area contributed by atoms with E-state index < -0.39 is 0 Å². The van der Waals surface area contributed by atoms with E-state index in [2.05, 4.69) is 46.8 Å². The zero-order valence-electron chi connectivity index (χ0n) is 19.9. The molecular weight excluding hydrogens is 416 g/mol. The topological polar surface area (TPSA) is 88.3 Å². The summed E-state index contributed by atoms with van der Waals surface area (Å²) in [7, 11) is 1.69. The van der Waals surface area contributed by atoms with Crippen LogP contribution in [0.1, 0.15) is 36.7 Å². The molecule has 2 aromatic heterocycles. The summed E-state index contributed by atoms with van der Waals surface area (Å²) in [4.78, 5) is 12.1. The molecule has 0 bridgehead atoms. The number of hydrogen-bond donors (Lipinski definition) is 2. The number of imidazole rings is 1. The number of benzene rings is 1. The number of aromatic nitrogens is 3. The highest BCUT2D eigenvalue weighted by molar-refractivity contribution is 5.98. The fourth-order valence-electron chi connectivity index (χ4n) is 4.29. The number of pyridine rings is 1. The Hall–Kier alpha value is -2.97. The molecule has 3 aromatic rings. The van der Waals surface area contributed by atoms with E-state index in [1.54, 1.807) is 7.11 Å². The van der Waals surface area contributed by atoms with Crippen molar-refractivity contribution in [3.63, 3.8) is 0 Å². The molecule has 8 heteroatoms. The van der Waals surface area contributed by atoms with Crippen molar-refractivity contribution in [3.8, 4) is 0 Å². The highest BCUT2D eigenvalue weighted by Gasteiger charge is 2.21. The molecule has 0 unspecified atom stereocenters. The summed E-state index contributed by atoms with van der Waals surface area (Å²) in [6.07, 6.45) is 1.58. The number of morpholine rings is 1. The van der Waals surface area contributed by atoms with Gasteiger partial charge in [0, 0.05) is 45.1 Å². The van der Waals surface area contributed by atoms with Crippen molar-refractivity contribution in [2.75, 3.05) is 50.2 Å². The lowest BCUT2D eigenvalue weighted by molar-refractivity contribution is 0.123. The molecule has 1 aliphatic rings. The molecule has 0 radical (unpaired) electrons. The van der Waals surface area contributed by atoms with Gasteiger partial charge < -0.3 is 29.7 Å². The van der Waals surface area contributed by atoms with Gasteiger partial charge in [-0.3, -0.25) is 0 Å². The number of anilines is 2. The molecule has 2 N–H and O–H groups in total. The van der Waals surface area contributed by atoms with Crippen LogP contribution >= 0.6 is 0 Å². The van der Waals surface area contributed by atoms with Crippen molar-refractivity contribution in [2.45, 2.75) is 39.8 Å². The minimum Gasteiger partial charge on any atom is -0.378 e. The van der Waals surface area contributed by atoms with E-state index in [-0.39, 0.29) is 0 Å². The molecule has 1 saturated heterocycles. The molecule has 0 saturated carbocycles. The first kappa shape index (κ1) is 23.2. The zero-order chi connectivity index (χ0) is 23.2. The second-order valence-electron chi connectivity index (χ2n) is 8.38. The molecule has 1 aliphatic heterocycles. The van der Waals surface area contributed by atoms with Crippen molar-refractivity contribution >= 4 is 28.4 Å². The number of fused-ring (bicyclic) bond motifs is 1. The van der Waals surface area contributed by atoms with E-state index in [1.165, 1.54) is 5.56 Å². The summed E-state index contributed by atoms with van der Waals surface area (Å²) in [6, 6.07) is 10.3. The van der Waals surface area contributed by atoms with Gasteiger partial charge in [-0.2, -0.15) is 0 Å². The maximum atomic E-state index is 8.40. The van der Waals surface area contributed by atoms with E-state index in [0.29, 0.717) is 25.5 Å². The van der Waals surface area contributed by atoms with Crippen LogP contribution in [0.3, 0.4) is 0 Å². The average molecular weight is 451 g/mol. The van der Waals surface area contributed by atoms with Gasteiger partial charge in [0.25, 0.3) is 0 Å². The second kappa shape index (κ2) is 10.8. The smallest absolute Gasteiger partial charge is 0.164 e. The third-order valence-corrected chi connectivity index (χ3v) is 5.98. The van der Waals surface area contributed by atoms with Gasteiger partial charge in [-0.1, -0.05) is 29.8 Å². The predicted molar refractivity (Wildman–Crippen MR) is 133 cm³/mol. The Kier molecular flexibility index (Phi) is 7.57. The van der Waals surface area contributed by atoms with Crippen molar-refractivity contribution in [1.82, 2.24) is 14.5 Å². The first-order valence-electron chi connectivity index (χ1n) is 11.7. The Morgan fingerprint density at radius 3 is 2.76 bits per heavy atom. The minimum atomic E-state index is 0.455. The maximum Gasteiger partial charge on any atom is 0.164 e. The fraction of sp³-hybridized carbons (Fsp3) is 0.480. The van der Waals surface area contributed by atoms with E-state index in [1.807, 2.05) is 12.1 Å². The van der Waals surface area contributed by atoms with Crippen molar-refractivity contribution in [2.24, 2.45) is 0 Å². The van der Waals surface area contributed by atoms with Gasteiger partial charge in [0.2, 0.25) is 0 Å². The monoisotopic (exact) mass is 450 g/mol. The normalized spacial score (nSPS) is 14.1. The van der Waals surface area contributed by atoms with Crippen LogP contribution < -0.4 is 10.2 Å². The molecule has 0 spiro atoms. The summed E-state index contributed by atoms with van der Waals surface area (Å²) in [5.74, 6) is 1.73. The summed E-state index contributed by atoms with van der Waals surface area (Å²) in [6.45, 7) is 9.26. The molecule has 1 aromatic carbocycles. The number of nitrogens with zero attached hydrogens (tertiary/aromatic N) is 4. The lowest BCUT2D eigenvalue weighted by Crippen LogP contribution is -2.36. The molecular formula is C25H34N6O2. The molecule has 0 atom stereocenters. The SMILES string of the molecule is CCn1c(COC)nc2c(N3CCOCC3)cc(NCCCC(=N)c3cccc(C)c3)nc21. The van der Waals surface area contributed by atoms with Crippen molar-refractivity contribution in [1.29, 1.82) is 5.41 Å². The van der Waals surface area contributed by atoms with E-state index in [9.17, 15) is 0 Å². The largest absolute Gasteiger partial charge is 0.378 e. The van der Waals surface area contributed by atoms with Crippen LogP contribution in [0.25, 0.3) is 11.2 Å². The average Bonchev–Trinajstić information content (AvgIpc) is 3.19. The Bertz CT molecular complexity index is 1100. The van der Waals surface area contributed by atoms with Crippen LogP contribution in [-0.2, 0) is 22.6 Å². The Labute approximate surface area is 195 Å². The van der Waals surface area contributed by atoms with Crippen molar-refractivity contribution in [3.05, 3.63) is 47.3 Å². The summed E-state index contributed by atoms with van der Waals surface area (Å²) >= 11 is 0. The van der Waals surface area contributed by atoms with Gasteiger partial charge in [-0.25, -0.2) is 9.97 Å². The number of rotatable bonds is 10. The third-order valence-electron chi connectivity index (χ3n) is 5.98. The van der Waals surface area contributed by atoms with E-state index in [0.717, 1.165) is 73.1 Å². The first-order valence-corrected chi connectivity index (χ1v) is 11.7. The van der Waals surface area contributed by atoms with Crippen LogP contribution in [0, 0.1) is 12.3 Å². The molecule has 4 rings (SSSR count). The Balaban J connectivity index is 1.52. The number of aryl methyl sites for hydroxylation is 2. The minimum absolute atomic E-state index is 0.455. The third kappa shape index (κ3) is 5.34. The van der Waals surface area contributed by atoms with Gasteiger partial charge in [0.15, 0.2) is 5.65 Å². The van der Waals surface area contributed by atoms with Crippen LogP contribution in [0.2, 0.25) is 0 Å². The second-order valence-corrected chi connectivity index (χ2v) is 8.38. The molecule has 0 amide bonds. The number of ether oxygens (including phenoxy) is 2. The molecule has 3 heterocycles. The molecule has 8 nitrogen and oxygen atoms in total. The molecule has 176 valence electrons. The van der Waals surface area contributed by atoms with Gasteiger partial charge in [0.05, 0.1) is 18.9 Å². The quantitative estimate of drug-likeness (QED) is 0.359. The highest BCUT2D eigenvalue weighted by atomic mass is 16.5. The van der Waals surface area contributed by atoms with E-state index >= 15 is 0 Å². The molecule has 0 aliphatic carbocycles. The lowest BCUT2D eigenvalue weighted by Gasteiger charge is -2.29. The first-order chi connectivity index (χ1) is 16.1.